The lowest BCUT2D eigenvalue weighted by Crippen LogP contribution is -2.36. The summed E-state index contributed by atoms with van der Waals surface area (Å²) in [7, 11) is 0. The van der Waals surface area contributed by atoms with Crippen LogP contribution in [0.25, 0.3) is 21.4 Å². The van der Waals surface area contributed by atoms with Crippen LogP contribution in [0, 0.1) is 22.7 Å². The number of nitrogens with one attached hydrogen (secondary N) is 1. The molecule has 4 aromatic rings. The van der Waals surface area contributed by atoms with Crippen LogP contribution in [0.15, 0.2) is 30.6 Å². The molecule has 1 saturated carbocycles. The van der Waals surface area contributed by atoms with Crippen molar-refractivity contribution < 1.29 is 5.11 Å². The highest BCUT2D eigenvalue weighted by Crippen LogP contribution is 2.30. The third-order valence-electron chi connectivity index (χ3n) is 5.66. The Labute approximate surface area is 182 Å². The molecule has 8 nitrogen and oxygen atoms in total. The fourth-order valence-electron chi connectivity index (χ4n) is 4.04. The van der Waals surface area contributed by atoms with Gasteiger partial charge in [0.1, 0.15) is 17.7 Å². The number of rotatable bonds is 4. The van der Waals surface area contributed by atoms with E-state index < -0.39 is 0 Å². The van der Waals surface area contributed by atoms with Gasteiger partial charge in [-0.1, -0.05) is 30.2 Å². The van der Waals surface area contributed by atoms with E-state index in [1.807, 2.05) is 28.8 Å². The van der Waals surface area contributed by atoms with Crippen LogP contribution < -0.4 is 5.32 Å². The summed E-state index contributed by atoms with van der Waals surface area (Å²) in [5, 5.41) is 32.9. The van der Waals surface area contributed by atoms with Gasteiger partial charge in [0, 0.05) is 0 Å². The van der Waals surface area contributed by atoms with Gasteiger partial charge >= 0.3 is 0 Å². The SMILES string of the molecule is N#Cc1cc2ncn(Cc3ccc4nc(NC5CCCCC5O)sc4c3)c2nc1C#N. The van der Waals surface area contributed by atoms with E-state index in [-0.39, 0.29) is 23.4 Å². The molecule has 154 valence electrons. The molecule has 0 bridgehead atoms. The van der Waals surface area contributed by atoms with Crippen LogP contribution >= 0.6 is 11.3 Å². The molecule has 0 spiro atoms. The van der Waals surface area contributed by atoms with E-state index in [0.717, 1.165) is 46.6 Å². The molecule has 3 aromatic heterocycles. The van der Waals surface area contributed by atoms with Crippen molar-refractivity contribution in [2.24, 2.45) is 0 Å². The van der Waals surface area contributed by atoms with Crippen LogP contribution in [0.1, 0.15) is 42.5 Å². The van der Waals surface area contributed by atoms with Gasteiger partial charge in [0.05, 0.1) is 40.8 Å². The molecule has 1 aromatic carbocycles. The molecule has 5 rings (SSSR count). The highest BCUT2D eigenvalue weighted by molar-refractivity contribution is 7.22. The summed E-state index contributed by atoms with van der Waals surface area (Å²) in [6.07, 6.45) is 5.35. The second-order valence-electron chi connectivity index (χ2n) is 7.75. The lowest BCUT2D eigenvalue weighted by molar-refractivity contribution is 0.116. The Balaban J connectivity index is 1.41. The van der Waals surface area contributed by atoms with Crippen molar-refractivity contribution in [3.05, 3.63) is 47.4 Å². The predicted octanol–water partition coefficient (Wildman–Crippen LogP) is 3.55. The molecular formula is C22H19N7OS. The van der Waals surface area contributed by atoms with Crippen molar-refractivity contribution in [1.82, 2.24) is 19.5 Å². The summed E-state index contributed by atoms with van der Waals surface area (Å²) in [6.45, 7) is 0.540. The van der Waals surface area contributed by atoms with Gasteiger partial charge < -0.3 is 15.0 Å². The van der Waals surface area contributed by atoms with Crippen LogP contribution in [0.4, 0.5) is 5.13 Å². The van der Waals surface area contributed by atoms with Gasteiger partial charge in [-0.2, -0.15) is 10.5 Å². The predicted molar refractivity (Wildman–Crippen MR) is 118 cm³/mol. The first-order chi connectivity index (χ1) is 15.1. The third-order valence-corrected chi connectivity index (χ3v) is 6.61. The van der Waals surface area contributed by atoms with E-state index in [1.165, 1.54) is 0 Å². The van der Waals surface area contributed by atoms with E-state index in [0.29, 0.717) is 17.7 Å². The second kappa shape index (κ2) is 7.95. The number of thiazole rings is 1. The van der Waals surface area contributed by atoms with Crippen molar-refractivity contribution in [3.63, 3.8) is 0 Å². The number of benzene rings is 1. The van der Waals surface area contributed by atoms with Gasteiger partial charge in [0.15, 0.2) is 16.5 Å². The molecule has 1 aliphatic carbocycles. The molecule has 9 heteroatoms. The molecule has 2 atom stereocenters. The number of aliphatic hydroxyl groups excluding tert-OH is 1. The van der Waals surface area contributed by atoms with Crippen molar-refractivity contribution in [3.8, 4) is 12.1 Å². The molecule has 1 fully saturated rings. The molecule has 0 aliphatic heterocycles. The van der Waals surface area contributed by atoms with Gasteiger partial charge in [0.25, 0.3) is 0 Å². The minimum atomic E-state index is -0.321. The van der Waals surface area contributed by atoms with Gasteiger partial charge in [0.2, 0.25) is 0 Å². The van der Waals surface area contributed by atoms with Gasteiger partial charge in [-0.15, -0.1) is 0 Å². The Morgan fingerprint density at radius 3 is 2.81 bits per heavy atom. The first-order valence-electron chi connectivity index (χ1n) is 10.1. The molecule has 0 amide bonds. The zero-order valence-corrected chi connectivity index (χ0v) is 17.4. The summed E-state index contributed by atoms with van der Waals surface area (Å²) >= 11 is 1.58. The molecule has 3 heterocycles. The molecule has 2 unspecified atom stereocenters. The number of fused-ring (bicyclic) bond motifs is 2. The fraction of sp³-hybridized carbons (Fsp3) is 0.318. The first-order valence-corrected chi connectivity index (χ1v) is 11.0. The number of nitriles is 2. The number of nitrogens with zero attached hydrogens (tertiary/aromatic N) is 6. The van der Waals surface area contributed by atoms with Crippen LogP contribution in [0.2, 0.25) is 0 Å². The topological polar surface area (TPSA) is 123 Å². The van der Waals surface area contributed by atoms with Crippen LogP contribution in [-0.4, -0.2) is 36.8 Å². The van der Waals surface area contributed by atoms with Gasteiger partial charge in [-0.3, -0.25) is 0 Å². The number of imidazole rings is 1. The lowest BCUT2D eigenvalue weighted by Gasteiger charge is -2.27. The third kappa shape index (κ3) is 3.70. The van der Waals surface area contributed by atoms with E-state index in [1.54, 1.807) is 23.7 Å². The number of hydrogen-bond acceptors (Lipinski definition) is 8. The van der Waals surface area contributed by atoms with E-state index >= 15 is 0 Å². The van der Waals surface area contributed by atoms with E-state index in [9.17, 15) is 15.6 Å². The first kappa shape index (κ1) is 19.4. The summed E-state index contributed by atoms with van der Waals surface area (Å²) in [4.78, 5) is 13.3. The smallest absolute Gasteiger partial charge is 0.184 e. The molecule has 31 heavy (non-hydrogen) atoms. The average Bonchev–Trinajstić information content (AvgIpc) is 3.37. The van der Waals surface area contributed by atoms with E-state index in [4.69, 9.17) is 0 Å². The molecule has 0 radical (unpaired) electrons. The van der Waals surface area contributed by atoms with Crippen molar-refractivity contribution >= 4 is 37.8 Å². The maximum Gasteiger partial charge on any atom is 0.184 e. The summed E-state index contributed by atoms with van der Waals surface area (Å²) < 4.78 is 2.93. The average molecular weight is 430 g/mol. The van der Waals surface area contributed by atoms with Crippen molar-refractivity contribution in [1.29, 1.82) is 10.5 Å². The second-order valence-corrected chi connectivity index (χ2v) is 8.78. The molecule has 0 saturated heterocycles. The fourth-order valence-corrected chi connectivity index (χ4v) is 5.03. The Kier molecular flexibility index (Phi) is 4.99. The maximum atomic E-state index is 10.2. The summed E-state index contributed by atoms with van der Waals surface area (Å²) in [5.41, 5.74) is 3.48. The number of anilines is 1. The van der Waals surface area contributed by atoms with Gasteiger partial charge in [-0.05, 0) is 36.6 Å². The Bertz CT molecular complexity index is 1360. The minimum absolute atomic E-state index is 0.0600. The standard InChI is InChI=1S/C22H19N7OS/c23-9-14-8-17-21(26-18(14)10-24)29(12-25-17)11-13-5-6-16-20(7-13)31-22(28-16)27-15-3-1-2-4-19(15)30/h5-8,12,15,19,30H,1-4,11H2,(H,27,28). The number of pyridine rings is 1. The van der Waals surface area contributed by atoms with Gasteiger partial charge in [-0.25, -0.2) is 15.0 Å². The zero-order chi connectivity index (χ0) is 21.4. The minimum Gasteiger partial charge on any atom is -0.391 e. The zero-order valence-electron chi connectivity index (χ0n) is 16.6. The largest absolute Gasteiger partial charge is 0.391 e. The molecular weight excluding hydrogens is 410 g/mol. The Morgan fingerprint density at radius 1 is 1.13 bits per heavy atom. The van der Waals surface area contributed by atoms with Crippen LogP contribution in [-0.2, 0) is 6.54 Å². The highest BCUT2D eigenvalue weighted by Gasteiger charge is 2.23. The van der Waals surface area contributed by atoms with Crippen LogP contribution in [0.5, 0.6) is 0 Å². The number of aromatic nitrogens is 4. The monoisotopic (exact) mass is 429 g/mol. The number of aliphatic hydroxyl groups is 1. The normalized spacial score (nSPS) is 18.7. The van der Waals surface area contributed by atoms with Crippen molar-refractivity contribution in [2.75, 3.05) is 5.32 Å². The summed E-state index contributed by atoms with van der Waals surface area (Å²) in [6, 6.07) is 11.7. The van der Waals surface area contributed by atoms with Crippen LogP contribution in [0.3, 0.4) is 0 Å². The Morgan fingerprint density at radius 2 is 2.00 bits per heavy atom. The molecule has 1 aliphatic rings. The number of hydrogen-bond donors (Lipinski definition) is 2. The lowest BCUT2D eigenvalue weighted by atomic mass is 9.93. The highest BCUT2D eigenvalue weighted by atomic mass is 32.1. The molecule has 2 N–H and O–H groups in total. The van der Waals surface area contributed by atoms with E-state index in [2.05, 4.69) is 26.3 Å². The van der Waals surface area contributed by atoms with Crippen molar-refractivity contribution in [2.45, 2.75) is 44.4 Å². The Hall–Kier alpha value is -3.53. The quantitative estimate of drug-likeness (QED) is 0.508. The maximum absolute atomic E-state index is 10.2. The summed E-state index contributed by atoms with van der Waals surface area (Å²) in [5.74, 6) is 0.